The van der Waals surface area contributed by atoms with Crippen LogP contribution in [0.2, 0.25) is 0 Å². The molecule has 1 aromatic heterocycles. The van der Waals surface area contributed by atoms with Crippen molar-refractivity contribution in [2.24, 2.45) is 0 Å². The van der Waals surface area contributed by atoms with E-state index in [1.807, 2.05) is 34.6 Å². The van der Waals surface area contributed by atoms with Gasteiger partial charge in [0.05, 0.1) is 18.9 Å². The summed E-state index contributed by atoms with van der Waals surface area (Å²) < 4.78 is 41.3. The third-order valence-corrected chi connectivity index (χ3v) is 6.75. The number of hydrogen-bond donors (Lipinski definition) is 0. The lowest BCUT2D eigenvalue weighted by atomic mass is 9.92. The predicted octanol–water partition coefficient (Wildman–Crippen LogP) is 2.29. The molecule has 3 heterocycles. The zero-order valence-corrected chi connectivity index (χ0v) is 16.6. The summed E-state index contributed by atoms with van der Waals surface area (Å²) in [5, 5.41) is 4.57. The zero-order valence-electron chi connectivity index (χ0n) is 15.8. The Morgan fingerprint density at radius 1 is 1.16 bits per heavy atom. The lowest BCUT2D eigenvalue weighted by Crippen LogP contribution is -2.47. The van der Waals surface area contributed by atoms with Crippen LogP contribution in [0, 0.1) is 0 Å². The van der Waals surface area contributed by atoms with Gasteiger partial charge in [-0.3, -0.25) is 4.68 Å². The molecular weight excluding hydrogens is 342 g/mol. The monoisotopic (exact) mass is 371 g/mol. The molecule has 2 aliphatic rings. The second-order valence-corrected chi connectivity index (χ2v) is 10.1. The molecule has 0 aliphatic carbocycles. The Morgan fingerprint density at radius 3 is 2.20 bits per heavy atom. The van der Waals surface area contributed by atoms with Crippen LogP contribution >= 0.6 is 0 Å². The molecule has 0 bridgehead atoms. The van der Waals surface area contributed by atoms with Crippen LogP contribution in [0.5, 0.6) is 0 Å². The minimum Gasteiger partial charge on any atom is -0.347 e. The molecule has 2 saturated heterocycles. The summed E-state index contributed by atoms with van der Waals surface area (Å²) in [7, 11) is -3.60. The Bertz CT molecular complexity index is 718. The molecule has 1 aromatic rings. The van der Waals surface area contributed by atoms with E-state index in [1.54, 1.807) is 15.2 Å². The maximum Gasteiger partial charge on any atom is 0.246 e. The Kier molecular flexibility index (Phi) is 4.77. The molecule has 142 valence electrons. The number of aromatic nitrogens is 2. The van der Waals surface area contributed by atoms with Gasteiger partial charge in [0.25, 0.3) is 0 Å². The predicted molar refractivity (Wildman–Crippen MR) is 93.9 cm³/mol. The Labute approximate surface area is 150 Å². The fourth-order valence-electron chi connectivity index (χ4n) is 3.34. The van der Waals surface area contributed by atoms with Crippen LogP contribution < -0.4 is 0 Å². The minimum absolute atomic E-state index is 0.106. The van der Waals surface area contributed by atoms with Gasteiger partial charge in [0, 0.05) is 43.6 Å². The van der Waals surface area contributed by atoms with Gasteiger partial charge in [0.2, 0.25) is 10.0 Å². The molecule has 0 aromatic carbocycles. The molecule has 25 heavy (non-hydrogen) atoms. The van der Waals surface area contributed by atoms with Gasteiger partial charge in [0.1, 0.15) is 4.90 Å². The van der Waals surface area contributed by atoms with Gasteiger partial charge < -0.3 is 9.47 Å². The van der Waals surface area contributed by atoms with Crippen LogP contribution in [0.3, 0.4) is 0 Å². The normalized spacial score (nSPS) is 22.2. The molecule has 1 spiro atoms. The van der Waals surface area contributed by atoms with Crippen molar-refractivity contribution in [1.82, 2.24) is 14.1 Å². The van der Waals surface area contributed by atoms with Crippen LogP contribution in [0.4, 0.5) is 0 Å². The summed E-state index contributed by atoms with van der Waals surface area (Å²) in [6.07, 6.45) is 2.80. The van der Waals surface area contributed by atoms with E-state index in [9.17, 15) is 8.42 Å². The smallest absolute Gasteiger partial charge is 0.246 e. The summed E-state index contributed by atoms with van der Waals surface area (Å²) in [6, 6.07) is 0.106. The maximum atomic E-state index is 13.3. The van der Waals surface area contributed by atoms with Crippen molar-refractivity contribution in [1.29, 1.82) is 0 Å². The third-order valence-electron chi connectivity index (χ3n) is 4.85. The van der Waals surface area contributed by atoms with Crippen LogP contribution in [0.15, 0.2) is 11.1 Å². The minimum atomic E-state index is -3.60. The molecular formula is C17H29N3O4S. The number of hydrogen-bond acceptors (Lipinski definition) is 5. The van der Waals surface area contributed by atoms with Gasteiger partial charge in [0.15, 0.2) is 5.79 Å². The van der Waals surface area contributed by atoms with E-state index in [-0.39, 0.29) is 11.5 Å². The first-order valence-electron chi connectivity index (χ1n) is 8.93. The lowest BCUT2D eigenvalue weighted by molar-refractivity contribution is -0.179. The van der Waals surface area contributed by atoms with Gasteiger partial charge in [-0.05, 0) is 13.8 Å². The third kappa shape index (κ3) is 3.49. The van der Waals surface area contributed by atoms with E-state index in [0.29, 0.717) is 49.7 Å². The van der Waals surface area contributed by atoms with E-state index in [4.69, 9.17) is 9.47 Å². The van der Waals surface area contributed by atoms with Gasteiger partial charge >= 0.3 is 0 Å². The largest absolute Gasteiger partial charge is 0.347 e. The number of nitrogens with zero attached hydrogens (tertiary/aromatic N) is 3. The van der Waals surface area contributed by atoms with E-state index >= 15 is 0 Å². The Balaban J connectivity index is 1.90. The van der Waals surface area contributed by atoms with Crippen LogP contribution in [-0.4, -0.2) is 54.6 Å². The SMILES string of the molecule is CC(C)n1cc(S(=O)(=O)N2CCC3(CC2)OCCO3)c(C(C)(C)C)n1. The number of sulfonamides is 1. The summed E-state index contributed by atoms with van der Waals surface area (Å²) in [5.41, 5.74) is 0.270. The van der Waals surface area contributed by atoms with E-state index < -0.39 is 15.8 Å². The van der Waals surface area contributed by atoms with Crippen molar-refractivity contribution in [2.75, 3.05) is 26.3 Å². The summed E-state index contributed by atoms with van der Waals surface area (Å²) in [4.78, 5) is 0.318. The molecule has 3 rings (SSSR count). The van der Waals surface area contributed by atoms with Crippen molar-refractivity contribution in [3.63, 3.8) is 0 Å². The quantitative estimate of drug-likeness (QED) is 0.815. The molecule has 0 radical (unpaired) electrons. The van der Waals surface area contributed by atoms with E-state index in [0.717, 1.165) is 0 Å². The topological polar surface area (TPSA) is 73.7 Å². The first-order chi connectivity index (χ1) is 11.6. The first-order valence-corrected chi connectivity index (χ1v) is 10.4. The second kappa shape index (κ2) is 6.33. The second-order valence-electron chi connectivity index (χ2n) is 8.18. The first kappa shape index (κ1) is 18.8. The van der Waals surface area contributed by atoms with Gasteiger partial charge in [-0.15, -0.1) is 0 Å². The highest BCUT2D eigenvalue weighted by molar-refractivity contribution is 7.89. The molecule has 7 nitrogen and oxygen atoms in total. The van der Waals surface area contributed by atoms with Gasteiger partial charge in [-0.25, -0.2) is 8.42 Å². The highest BCUT2D eigenvalue weighted by Crippen LogP contribution is 2.35. The van der Waals surface area contributed by atoms with Crippen molar-refractivity contribution in [2.45, 2.75) is 69.6 Å². The van der Waals surface area contributed by atoms with Crippen molar-refractivity contribution >= 4 is 10.0 Å². The lowest BCUT2D eigenvalue weighted by Gasteiger charge is -2.37. The molecule has 0 atom stereocenters. The molecule has 0 saturated carbocycles. The molecule has 0 amide bonds. The van der Waals surface area contributed by atoms with E-state index in [2.05, 4.69) is 5.10 Å². The van der Waals surface area contributed by atoms with Crippen LogP contribution in [0.25, 0.3) is 0 Å². The van der Waals surface area contributed by atoms with Crippen LogP contribution in [0.1, 0.15) is 59.2 Å². The van der Waals surface area contributed by atoms with Crippen molar-refractivity contribution < 1.29 is 17.9 Å². The summed E-state index contributed by atoms with van der Waals surface area (Å²) in [6.45, 7) is 11.9. The van der Waals surface area contributed by atoms with Crippen LogP contribution in [-0.2, 0) is 24.9 Å². The molecule has 8 heteroatoms. The Hall–Kier alpha value is -0.960. The standard InChI is InChI=1S/C17H29N3O4S/c1-13(2)20-12-14(15(18-20)16(3,4)5)25(21,22)19-8-6-17(7-9-19)23-10-11-24-17/h12-13H,6-11H2,1-5H3. The van der Waals surface area contributed by atoms with Gasteiger partial charge in [-0.2, -0.15) is 9.40 Å². The Morgan fingerprint density at radius 2 is 1.72 bits per heavy atom. The zero-order chi connectivity index (χ0) is 18.5. The summed E-state index contributed by atoms with van der Waals surface area (Å²) >= 11 is 0. The van der Waals surface area contributed by atoms with Crippen molar-refractivity contribution in [3.05, 3.63) is 11.9 Å². The number of rotatable bonds is 3. The highest BCUT2D eigenvalue weighted by atomic mass is 32.2. The molecule has 0 unspecified atom stereocenters. The maximum absolute atomic E-state index is 13.3. The number of piperidine rings is 1. The van der Waals surface area contributed by atoms with E-state index in [1.165, 1.54) is 0 Å². The average molecular weight is 372 g/mol. The number of ether oxygens (including phenoxy) is 2. The molecule has 2 fully saturated rings. The van der Waals surface area contributed by atoms with Crippen molar-refractivity contribution in [3.8, 4) is 0 Å². The average Bonchev–Trinajstić information content (AvgIpc) is 3.15. The molecule has 0 N–H and O–H groups in total. The summed E-state index contributed by atoms with van der Waals surface area (Å²) in [5.74, 6) is -0.582. The molecule has 2 aliphatic heterocycles. The van der Waals surface area contributed by atoms with Gasteiger partial charge in [-0.1, -0.05) is 20.8 Å². The fourth-order valence-corrected chi connectivity index (χ4v) is 5.11. The fraction of sp³-hybridized carbons (Fsp3) is 0.824. The highest BCUT2D eigenvalue weighted by Gasteiger charge is 2.44.